The minimum Gasteiger partial charge on any atom is -0.465 e. The Morgan fingerprint density at radius 2 is 1.54 bits per heavy atom. The Kier molecular flexibility index (Phi) is 5.43. The maximum atomic E-state index is 13.3. The van der Waals surface area contributed by atoms with E-state index in [2.05, 4.69) is 36.5 Å². The molecule has 0 aliphatic rings. The number of carboxylic acid groups (broad SMARTS) is 2. The lowest BCUT2D eigenvalue weighted by atomic mass is 9.91. The molecule has 0 radical (unpaired) electrons. The first-order valence-electron chi connectivity index (χ1n) is 8.31. The summed E-state index contributed by atoms with van der Waals surface area (Å²) in [5.74, 6) is -0.335. The Bertz CT molecular complexity index is 1030. The summed E-state index contributed by atoms with van der Waals surface area (Å²) in [6.07, 6.45) is -2.76. The number of anilines is 2. The number of hydrogen-bond acceptors (Lipinski definition) is 5. The van der Waals surface area contributed by atoms with Crippen LogP contribution >= 0.6 is 15.9 Å². The van der Waals surface area contributed by atoms with E-state index in [1.807, 2.05) is 20.8 Å². The fourth-order valence-electron chi connectivity index (χ4n) is 2.71. The van der Waals surface area contributed by atoms with Gasteiger partial charge in [0.05, 0.1) is 15.7 Å². The maximum Gasteiger partial charge on any atom is 0.411 e. The molecule has 0 aromatic carbocycles. The molecule has 0 saturated heterocycles. The van der Waals surface area contributed by atoms with E-state index in [-0.39, 0.29) is 22.7 Å². The number of hydrogen-bond donors (Lipinski definition) is 4. The lowest BCUT2D eigenvalue weighted by Gasteiger charge is -2.27. The third-order valence-corrected chi connectivity index (χ3v) is 4.54. The minimum absolute atomic E-state index is 0.0619. The summed E-state index contributed by atoms with van der Waals surface area (Å²) in [7, 11) is 0. The van der Waals surface area contributed by atoms with Crippen LogP contribution in [-0.2, 0) is 11.0 Å². The van der Waals surface area contributed by atoms with Crippen LogP contribution in [0.1, 0.15) is 47.2 Å². The molecule has 10 nitrogen and oxygen atoms in total. The van der Waals surface area contributed by atoms with Gasteiger partial charge in [0, 0.05) is 11.0 Å². The topological polar surface area (TPSA) is 146 Å². The van der Waals surface area contributed by atoms with Gasteiger partial charge in [0.15, 0.2) is 5.82 Å². The number of aromatic nitrogens is 3. The number of pyridine rings is 1. The molecule has 0 unspecified atom stereocenters. The highest BCUT2D eigenvalue weighted by atomic mass is 79.9. The first-order chi connectivity index (χ1) is 12.6. The second kappa shape index (κ2) is 7.04. The molecule has 0 atom stereocenters. The van der Waals surface area contributed by atoms with Crippen molar-refractivity contribution in [3.05, 3.63) is 20.5 Å². The van der Waals surface area contributed by atoms with E-state index in [0.717, 1.165) is 4.57 Å². The highest BCUT2D eigenvalue weighted by molar-refractivity contribution is 9.10. The highest BCUT2D eigenvalue weighted by Crippen LogP contribution is 2.36. The summed E-state index contributed by atoms with van der Waals surface area (Å²) in [5, 5.41) is 22.6. The average Bonchev–Trinajstić information content (AvgIpc) is 2.46. The first-order valence-corrected chi connectivity index (χ1v) is 9.11. The summed E-state index contributed by atoms with van der Waals surface area (Å²) >= 11 is 3.40. The predicted molar refractivity (Wildman–Crippen MR) is 108 cm³/mol. The number of nitrogens with zero attached hydrogens (tertiary/aromatic N) is 3. The van der Waals surface area contributed by atoms with Crippen molar-refractivity contribution in [2.75, 3.05) is 10.6 Å². The molecule has 4 N–H and O–H groups in total. The van der Waals surface area contributed by atoms with Crippen molar-refractivity contribution in [3.8, 4) is 0 Å². The third kappa shape index (κ3) is 4.08. The summed E-state index contributed by atoms with van der Waals surface area (Å²) < 4.78 is 1.54. The zero-order chi connectivity index (χ0) is 21.6. The van der Waals surface area contributed by atoms with Crippen LogP contribution in [0.5, 0.6) is 0 Å². The van der Waals surface area contributed by atoms with Gasteiger partial charge >= 0.3 is 12.2 Å². The van der Waals surface area contributed by atoms with Crippen LogP contribution < -0.4 is 16.2 Å². The number of carbonyl (C=O) groups is 2. The van der Waals surface area contributed by atoms with Gasteiger partial charge < -0.3 is 10.2 Å². The molecule has 0 bridgehead atoms. The average molecular weight is 456 g/mol. The molecule has 2 aromatic heterocycles. The van der Waals surface area contributed by atoms with Crippen LogP contribution in [0, 0.1) is 0 Å². The van der Waals surface area contributed by atoms with Gasteiger partial charge in [0.2, 0.25) is 5.95 Å². The van der Waals surface area contributed by atoms with Crippen molar-refractivity contribution in [2.24, 2.45) is 0 Å². The molecule has 0 saturated carbocycles. The Labute approximate surface area is 169 Å². The molecule has 2 aromatic rings. The fourth-order valence-corrected chi connectivity index (χ4v) is 3.68. The SMILES string of the molecule is CC(C)(C)c1nc(NC(=O)O)c2c(=O)n(C(C)(C)C)c(NC(=O)O)nc2c1Br. The van der Waals surface area contributed by atoms with Gasteiger partial charge in [-0.25, -0.2) is 19.6 Å². The molecule has 152 valence electrons. The maximum absolute atomic E-state index is 13.3. The molecule has 2 heterocycles. The summed E-state index contributed by atoms with van der Waals surface area (Å²) in [4.78, 5) is 44.5. The third-order valence-electron chi connectivity index (χ3n) is 3.78. The standard InChI is InChI=1S/C17H22BrN5O5/c1-16(2,3)10-8(18)9-7(11(20-10)21-14(25)26)12(24)23(17(4,5)6)13(19-9)22-15(27)28/h1-6H3,(H,19,22)(H,20,21)(H,25,26)(H,27,28). The Hall–Kier alpha value is -2.69. The monoisotopic (exact) mass is 455 g/mol. The van der Waals surface area contributed by atoms with E-state index in [9.17, 15) is 19.5 Å². The van der Waals surface area contributed by atoms with E-state index in [4.69, 9.17) is 5.11 Å². The van der Waals surface area contributed by atoms with E-state index in [1.54, 1.807) is 20.8 Å². The van der Waals surface area contributed by atoms with Gasteiger partial charge in [-0.1, -0.05) is 20.8 Å². The van der Waals surface area contributed by atoms with Gasteiger partial charge in [-0.3, -0.25) is 20.0 Å². The quantitative estimate of drug-likeness (QED) is 0.538. The van der Waals surface area contributed by atoms with Crippen LogP contribution in [-0.4, -0.2) is 36.9 Å². The zero-order valence-corrected chi connectivity index (χ0v) is 17.9. The van der Waals surface area contributed by atoms with E-state index in [0.29, 0.717) is 10.2 Å². The molecule has 0 aliphatic carbocycles. The first kappa shape index (κ1) is 21.6. The van der Waals surface area contributed by atoms with Gasteiger partial charge in [0.25, 0.3) is 5.56 Å². The highest BCUT2D eigenvalue weighted by Gasteiger charge is 2.29. The summed E-state index contributed by atoms with van der Waals surface area (Å²) in [6.45, 7) is 10.7. The Balaban J connectivity index is 3.11. The lowest BCUT2D eigenvalue weighted by Crippen LogP contribution is -2.38. The largest absolute Gasteiger partial charge is 0.465 e. The smallest absolute Gasteiger partial charge is 0.411 e. The van der Waals surface area contributed by atoms with Crippen molar-refractivity contribution in [2.45, 2.75) is 52.5 Å². The van der Waals surface area contributed by atoms with Crippen molar-refractivity contribution in [1.82, 2.24) is 14.5 Å². The van der Waals surface area contributed by atoms with E-state index in [1.165, 1.54) is 0 Å². The van der Waals surface area contributed by atoms with Crippen molar-refractivity contribution >= 4 is 50.8 Å². The van der Waals surface area contributed by atoms with Crippen LogP contribution in [0.25, 0.3) is 10.9 Å². The predicted octanol–water partition coefficient (Wildman–Crippen LogP) is 3.79. The second-order valence-electron chi connectivity index (χ2n) is 8.20. The molecule has 0 fully saturated rings. The lowest BCUT2D eigenvalue weighted by molar-refractivity contribution is 0.208. The second-order valence-corrected chi connectivity index (χ2v) is 9.00. The molecule has 11 heteroatoms. The van der Waals surface area contributed by atoms with Gasteiger partial charge in [-0.15, -0.1) is 0 Å². The van der Waals surface area contributed by atoms with Crippen molar-refractivity contribution in [1.29, 1.82) is 0 Å². The zero-order valence-electron chi connectivity index (χ0n) is 16.3. The van der Waals surface area contributed by atoms with E-state index < -0.39 is 28.7 Å². The van der Waals surface area contributed by atoms with E-state index >= 15 is 0 Å². The molecule has 0 spiro atoms. The summed E-state index contributed by atoms with van der Waals surface area (Å²) in [5.41, 5.74) is -1.41. The molecule has 2 amide bonds. The number of nitrogens with one attached hydrogen (secondary N) is 2. The normalized spacial score (nSPS) is 12.1. The minimum atomic E-state index is -1.38. The Morgan fingerprint density at radius 3 is 1.96 bits per heavy atom. The number of fused-ring (bicyclic) bond motifs is 1. The molecule has 2 rings (SSSR count). The number of amides is 2. The van der Waals surface area contributed by atoms with Crippen LogP contribution in [0.15, 0.2) is 9.27 Å². The molecule has 28 heavy (non-hydrogen) atoms. The Morgan fingerprint density at radius 1 is 1.00 bits per heavy atom. The molecular weight excluding hydrogens is 434 g/mol. The summed E-state index contributed by atoms with van der Waals surface area (Å²) in [6, 6.07) is 0. The van der Waals surface area contributed by atoms with Gasteiger partial charge in [-0.05, 0) is 36.7 Å². The van der Waals surface area contributed by atoms with Crippen LogP contribution in [0.2, 0.25) is 0 Å². The number of rotatable bonds is 2. The van der Waals surface area contributed by atoms with Crippen LogP contribution in [0.4, 0.5) is 21.4 Å². The van der Waals surface area contributed by atoms with Crippen LogP contribution in [0.3, 0.4) is 0 Å². The van der Waals surface area contributed by atoms with Gasteiger partial charge in [0.1, 0.15) is 5.39 Å². The van der Waals surface area contributed by atoms with Gasteiger partial charge in [-0.2, -0.15) is 0 Å². The number of halogens is 1. The molecule has 0 aliphatic heterocycles. The van der Waals surface area contributed by atoms with Crippen molar-refractivity contribution < 1.29 is 19.8 Å². The fraction of sp³-hybridized carbons (Fsp3) is 0.471. The van der Waals surface area contributed by atoms with Crippen molar-refractivity contribution in [3.63, 3.8) is 0 Å². The molecular formula is C17H22BrN5O5.